The Bertz CT molecular complexity index is 1640. The van der Waals surface area contributed by atoms with Crippen LogP contribution in [0.3, 0.4) is 0 Å². The number of thioether (sulfide) groups is 1. The number of nitrogens with one attached hydrogen (secondary N) is 1. The third-order valence-electron chi connectivity index (χ3n) is 5.85. The molecule has 3 aromatic carbocycles. The van der Waals surface area contributed by atoms with Gasteiger partial charge in [0.15, 0.2) is 5.82 Å². The van der Waals surface area contributed by atoms with E-state index in [2.05, 4.69) is 19.7 Å². The average Bonchev–Trinajstić information content (AvgIpc) is 3.53. The summed E-state index contributed by atoms with van der Waals surface area (Å²) in [6.07, 6.45) is 3.59. The van der Waals surface area contributed by atoms with Crippen LogP contribution < -0.4 is 9.47 Å². The number of ether oxygens (including phenoxy) is 2. The van der Waals surface area contributed by atoms with Crippen molar-refractivity contribution in [1.82, 2.24) is 19.7 Å². The zero-order valence-electron chi connectivity index (χ0n) is 20.5. The lowest BCUT2D eigenvalue weighted by Crippen LogP contribution is -1.98. The molecule has 0 aliphatic carbocycles. The monoisotopic (exact) mass is 546 g/mol. The highest BCUT2D eigenvalue weighted by molar-refractivity contribution is 8.04. The van der Waals surface area contributed by atoms with Gasteiger partial charge in [-0.25, -0.2) is 9.78 Å². The van der Waals surface area contributed by atoms with E-state index < -0.39 is 5.97 Å². The number of hydrogen-bond donors (Lipinski definition) is 2. The maximum Gasteiger partial charge on any atom is 0.342 e. The number of carboxylic acid groups (broad SMARTS) is 1. The van der Waals surface area contributed by atoms with Crippen LogP contribution in [0.2, 0.25) is 5.02 Å². The fourth-order valence-corrected chi connectivity index (χ4v) is 5.00. The van der Waals surface area contributed by atoms with E-state index in [4.69, 9.17) is 21.1 Å². The predicted octanol–water partition coefficient (Wildman–Crippen LogP) is 6.36. The molecule has 38 heavy (non-hydrogen) atoms. The van der Waals surface area contributed by atoms with E-state index in [1.54, 1.807) is 38.5 Å². The van der Waals surface area contributed by atoms with Crippen LogP contribution in [0.1, 0.15) is 11.1 Å². The Morgan fingerprint density at radius 3 is 2.55 bits per heavy atom. The zero-order chi connectivity index (χ0) is 26.6. The lowest BCUT2D eigenvalue weighted by Gasteiger charge is -2.06. The second-order valence-corrected chi connectivity index (χ2v) is 9.79. The Morgan fingerprint density at radius 1 is 1.08 bits per heavy atom. The number of rotatable bonds is 9. The first-order valence-corrected chi connectivity index (χ1v) is 12.7. The van der Waals surface area contributed by atoms with E-state index in [0.29, 0.717) is 34.5 Å². The minimum Gasteiger partial charge on any atom is -0.497 e. The number of aromatic nitrogens is 4. The van der Waals surface area contributed by atoms with Gasteiger partial charge in [-0.15, -0.1) is 5.10 Å². The first-order chi connectivity index (χ1) is 18.4. The summed E-state index contributed by atoms with van der Waals surface area (Å²) in [5.41, 5.74) is 3.51. The number of benzene rings is 3. The standard InChI is InChI=1S/C28H23ClN4O4S/c1-36-21-11-18(12-22(14-21)37-2)26-30-28(32-31-26)38-25(27(34)35)13-19-16-33(24-9-4-3-8-23(19)24)15-17-6-5-7-20(29)10-17/h3-14,16H,15H2,1-2H3,(H,34,35)(H,30,31,32)/b25-13-. The minimum absolute atomic E-state index is 0.0874. The normalized spacial score (nSPS) is 11.6. The lowest BCUT2D eigenvalue weighted by molar-refractivity contribution is -0.131. The summed E-state index contributed by atoms with van der Waals surface area (Å²) in [4.78, 5) is 16.8. The fraction of sp³-hybridized carbons (Fsp3) is 0.107. The summed E-state index contributed by atoms with van der Waals surface area (Å²) in [6, 6.07) is 20.9. The highest BCUT2D eigenvalue weighted by atomic mass is 35.5. The third-order valence-corrected chi connectivity index (χ3v) is 6.96. The van der Waals surface area contributed by atoms with E-state index in [9.17, 15) is 9.90 Å². The lowest BCUT2D eigenvalue weighted by atomic mass is 10.1. The molecule has 10 heteroatoms. The molecule has 2 heterocycles. The van der Waals surface area contributed by atoms with E-state index in [1.807, 2.05) is 54.7 Å². The Hall–Kier alpha value is -4.21. The first-order valence-electron chi connectivity index (χ1n) is 11.5. The molecular weight excluding hydrogens is 524 g/mol. The van der Waals surface area contributed by atoms with Gasteiger partial charge in [0.05, 0.1) is 14.2 Å². The molecule has 0 radical (unpaired) electrons. The van der Waals surface area contributed by atoms with Crippen LogP contribution in [0.15, 0.2) is 83.0 Å². The molecule has 0 aliphatic rings. The topological polar surface area (TPSA) is 102 Å². The molecule has 0 aliphatic heterocycles. The van der Waals surface area contributed by atoms with Gasteiger partial charge >= 0.3 is 5.97 Å². The van der Waals surface area contributed by atoms with Crippen molar-refractivity contribution >= 4 is 46.3 Å². The van der Waals surface area contributed by atoms with Crippen LogP contribution in [-0.4, -0.2) is 45.0 Å². The molecule has 0 saturated carbocycles. The second kappa shape index (κ2) is 11.0. The van der Waals surface area contributed by atoms with Gasteiger partial charge in [-0.05, 0) is 53.7 Å². The molecular formula is C28H23ClN4O4S. The van der Waals surface area contributed by atoms with Crippen molar-refractivity contribution in [2.24, 2.45) is 0 Å². The Morgan fingerprint density at radius 2 is 1.84 bits per heavy atom. The first kappa shape index (κ1) is 25.4. The van der Waals surface area contributed by atoms with Crippen LogP contribution in [0.5, 0.6) is 11.5 Å². The van der Waals surface area contributed by atoms with Crippen LogP contribution >= 0.6 is 23.4 Å². The maximum atomic E-state index is 12.2. The number of carboxylic acids is 1. The van der Waals surface area contributed by atoms with Crippen molar-refractivity contribution in [3.63, 3.8) is 0 Å². The SMILES string of the molecule is COc1cc(OC)cc(-c2nc(S/C(=C\c3cn(Cc4cccc(Cl)c4)c4ccccc34)C(=O)O)n[nH]2)c1. The van der Waals surface area contributed by atoms with Crippen molar-refractivity contribution < 1.29 is 19.4 Å². The Balaban J connectivity index is 1.46. The summed E-state index contributed by atoms with van der Waals surface area (Å²) < 4.78 is 12.7. The highest BCUT2D eigenvalue weighted by Crippen LogP contribution is 2.32. The van der Waals surface area contributed by atoms with Gasteiger partial charge in [-0.1, -0.05) is 41.9 Å². The van der Waals surface area contributed by atoms with Gasteiger partial charge in [0, 0.05) is 45.9 Å². The fourth-order valence-electron chi connectivity index (χ4n) is 4.09. The maximum absolute atomic E-state index is 12.2. The van der Waals surface area contributed by atoms with Crippen LogP contribution in [0.4, 0.5) is 0 Å². The number of aliphatic carboxylic acids is 1. The molecule has 0 amide bonds. The molecule has 2 aromatic heterocycles. The van der Waals surface area contributed by atoms with Crippen LogP contribution in [-0.2, 0) is 11.3 Å². The molecule has 5 aromatic rings. The molecule has 2 N–H and O–H groups in total. The van der Waals surface area contributed by atoms with Crippen molar-refractivity contribution in [3.8, 4) is 22.9 Å². The second-order valence-electron chi connectivity index (χ2n) is 8.34. The van der Waals surface area contributed by atoms with Crippen molar-refractivity contribution in [2.45, 2.75) is 11.7 Å². The van der Waals surface area contributed by atoms with Crippen molar-refractivity contribution in [2.75, 3.05) is 14.2 Å². The Labute approximate surface area is 227 Å². The van der Waals surface area contributed by atoms with Gasteiger partial charge in [-0.3, -0.25) is 5.10 Å². The largest absolute Gasteiger partial charge is 0.497 e. The quantitative estimate of drug-likeness (QED) is 0.164. The number of hydrogen-bond acceptors (Lipinski definition) is 6. The van der Waals surface area contributed by atoms with Gasteiger partial charge in [0.1, 0.15) is 16.4 Å². The molecule has 0 bridgehead atoms. The van der Waals surface area contributed by atoms with E-state index in [-0.39, 0.29) is 10.1 Å². The van der Waals surface area contributed by atoms with Crippen LogP contribution in [0, 0.1) is 0 Å². The Kier molecular flexibility index (Phi) is 7.39. The molecule has 192 valence electrons. The highest BCUT2D eigenvalue weighted by Gasteiger charge is 2.17. The third kappa shape index (κ3) is 5.53. The molecule has 0 saturated heterocycles. The van der Waals surface area contributed by atoms with Gasteiger partial charge in [0.2, 0.25) is 5.16 Å². The number of halogens is 1. The molecule has 0 fully saturated rings. The molecule has 8 nitrogen and oxygen atoms in total. The number of nitrogens with zero attached hydrogens (tertiary/aromatic N) is 3. The van der Waals surface area contributed by atoms with Gasteiger partial charge in [0.25, 0.3) is 0 Å². The van der Waals surface area contributed by atoms with E-state index in [0.717, 1.165) is 33.8 Å². The number of fused-ring (bicyclic) bond motifs is 1. The van der Waals surface area contributed by atoms with Gasteiger partial charge < -0.3 is 19.1 Å². The summed E-state index contributed by atoms with van der Waals surface area (Å²) in [5.74, 6) is 0.596. The molecule has 5 rings (SSSR count). The molecule has 0 unspecified atom stereocenters. The summed E-state index contributed by atoms with van der Waals surface area (Å²) in [5, 5.41) is 19.0. The van der Waals surface area contributed by atoms with Crippen molar-refractivity contribution in [1.29, 1.82) is 0 Å². The number of H-pyrrole nitrogens is 1. The molecule has 0 atom stereocenters. The number of aromatic amines is 1. The number of para-hydroxylation sites is 1. The molecule has 0 spiro atoms. The summed E-state index contributed by atoms with van der Waals surface area (Å²) >= 11 is 7.14. The van der Waals surface area contributed by atoms with E-state index >= 15 is 0 Å². The number of methoxy groups -OCH3 is 2. The summed E-state index contributed by atoms with van der Waals surface area (Å²) in [6.45, 7) is 0.596. The zero-order valence-corrected chi connectivity index (χ0v) is 22.1. The van der Waals surface area contributed by atoms with Crippen molar-refractivity contribution in [3.05, 3.63) is 94.0 Å². The summed E-state index contributed by atoms with van der Waals surface area (Å²) in [7, 11) is 3.13. The minimum atomic E-state index is -1.07. The average molecular weight is 547 g/mol. The van der Waals surface area contributed by atoms with E-state index in [1.165, 1.54) is 0 Å². The van der Waals surface area contributed by atoms with Gasteiger partial charge in [-0.2, -0.15) is 0 Å². The smallest absolute Gasteiger partial charge is 0.342 e. The predicted molar refractivity (Wildman–Crippen MR) is 149 cm³/mol. The number of carbonyl (C=O) groups is 1. The van der Waals surface area contributed by atoms with Crippen LogP contribution in [0.25, 0.3) is 28.4 Å².